The van der Waals surface area contributed by atoms with E-state index in [1.165, 1.54) is 5.56 Å². The van der Waals surface area contributed by atoms with E-state index in [0.717, 1.165) is 62.3 Å². The minimum Gasteiger partial charge on any atom is -0.492 e. The highest BCUT2D eigenvalue weighted by molar-refractivity contribution is 6.32. The zero-order valence-electron chi connectivity index (χ0n) is 21.5. The molecule has 1 aliphatic heterocycles. The molecule has 4 rings (SSSR count). The molecule has 2 aromatic carbocycles. The predicted molar refractivity (Wildman–Crippen MR) is 150 cm³/mol. The van der Waals surface area contributed by atoms with Gasteiger partial charge in [-0.15, -0.1) is 0 Å². The largest absolute Gasteiger partial charge is 0.492 e. The average molecular weight is 523 g/mol. The van der Waals surface area contributed by atoms with Gasteiger partial charge in [-0.3, -0.25) is 4.79 Å². The summed E-state index contributed by atoms with van der Waals surface area (Å²) in [6.07, 6.45) is 6.33. The van der Waals surface area contributed by atoms with Crippen LogP contribution in [0.1, 0.15) is 45.1 Å². The molecule has 37 heavy (non-hydrogen) atoms. The first kappa shape index (κ1) is 26.5. The lowest BCUT2D eigenvalue weighted by molar-refractivity contribution is -0.122. The molecule has 0 aliphatic carbocycles. The Morgan fingerprint density at radius 3 is 2.65 bits per heavy atom. The van der Waals surface area contributed by atoms with Crippen LogP contribution in [0.2, 0.25) is 5.02 Å². The van der Waals surface area contributed by atoms with E-state index in [2.05, 4.69) is 38.5 Å². The summed E-state index contributed by atoms with van der Waals surface area (Å²) in [5.74, 6) is 1.39. The number of benzene rings is 2. The zero-order valence-corrected chi connectivity index (χ0v) is 22.2. The molecule has 3 aromatic rings. The number of amides is 1. The Balaban J connectivity index is 1.52. The van der Waals surface area contributed by atoms with Gasteiger partial charge in [0, 0.05) is 36.4 Å². The van der Waals surface area contributed by atoms with Crippen LogP contribution in [0, 0.1) is 5.92 Å². The second-order valence-electron chi connectivity index (χ2n) is 9.18. The van der Waals surface area contributed by atoms with Crippen LogP contribution >= 0.6 is 11.6 Å². The smallest absolute Gasteiger partial charge is 0.229 e. The number of rotatable bonds is 11. The van der Waals surface area contributed by atoms with Gasteiger partial charge in [-0.1, -0.05) is 43.1 Å². The summed E-state index contributed by atoms with van der Waals surface area (Å²) in [5.41, 5.74) is 9.50. The standard InChI is InChI=1S/C28H35ClN6O2/c1-3-5-8-19-9-6-7-10-23(19)32-27-22(29)18-31-28(34-27)33-24-12-11-21(17-25(24)37-4-2)35-15-13-20(14-16-35)26(30)36/h6-7,9-12,17-18,20H,3-5,8,13-16H2,1-2H3,(H2,30,36)(H2,31,32,33,34). The Morgan fingerprint density at radius 2 is 1.92 bits per heavy atom. The van der Waals surface area contributed by atoms with E-state index in [4.69, 9.17) is 22.1 Å². The highest BCUT2D eigenvalue weighted by Gasteiger charge is 2.24. The Hall–Kier alpha value is -3.52. The van der Waals surface area contributed by atoms with E-state index in [1.54, 1.807) is 6.20 Å². The van der Waals surface area contributed by atoms with Crippen molar-refractivity contribution in [1.82, 2.24) is 9.97 Å². The Morgan fingerprint density at radius 1 is 1.14 bits per heavy atom. The molecular formula is C28H35ClN6O2. The maximum absolute atomic E-state index is 11.5. The SMILES string of the molecule is CCCCc1ccccc1Nc1nc(Nc2ccc(N3CCC(C(N)=O)CC3)cc2OCC)ncc1Cl. The van der Waals surface area contributed by atoms with E-state index in [0.29, 0.717) is 29.1 Å². The number of piperidine rings is 1. The van der Waals surface area contributed by atoms with Crippen LogP contribution in [0.5, 0.6) is 5.75 Å². The van der Waals surface area contributed by atoms with Crippen molar-refractivity contribution in [2.24, 2.45) is 11.7 Å². The summed E-state index contributed by atoms with van der Waals surface area (Å²) < 4.78 is 5.94. The van der Waals surface area contributed by atoms with Crippen LogP contribution < -0.4 is 26.0 Å². The van der Waals surface area contributed by atoms with Crippen LogP contribution in [0.25, 0.3) is 0 Å². The molecular weight excluding hydrogens is 488 g/mol. The number of nitrogens with zero attached hydrogens (tertiary/aromatic N) is 3. The number of carbonyl (C=O) groups excluding carboxylic acids is 1. The number of aromatic nitrogens is 2. The lowest BCUT2D eigenvalue weighted by Crippen LogP contribution is -2.38. The molecule has 9 heteroatoms. The van der Waals surface area contributed by atoms with Crippen LogP contribution in [0.4, 0.5) is 28.8 Å². The first-order chi connectivity index (χ1) is 18.0. The second kappa shape index (κ2) is 12.6. The van der Waals surface area contributed by atoms with Gasteiger partial charge in [0.25, 0.3) is 0 Å². The summed E-state index contributed by atoms with van der Waals surface area (Å²) >= 11 is 6.45. The highest BCUT2D eigenvalue weighted by atomic mass is 35.5. The summed E-state index contributed by atoms with van der Waals surface area (Å²) in [4.78, 5) is 22.8. The monoisotopic (exact) mass is 522 g/mol. The van der Waals surface area contributed by atoms with Gasteiger partial charge >= 0.3 is 0 Å². The lowest BCUT2D eigenvalue weighted by Gasteiger charge is -2.32. The molecule has 1 saturated heterocycles. The van der Waals surface area contributed by atoms with Crippen molar-refractivity contribution in [2.45, 2.75) is 46.0 Å². The fourth-order valence-corrected chi connectivity index (χ4v) is 4.64. The number of hydrogen-bond donors (Lipinski definition) is 3. The molecule has 196 valence electrons. The first-order valence-corrected chi connectivity index (χ1v) is 13.3. The number of nitrogens with two attached hydrogens (primary N) is 1. The van der Waals surface area contributed by atoms with Gasteiger partial charge in [0.05, 0.1) is 18.5 Å². The third-order valence-corrected chi connectivity index (χ3v) is 6.86. The fourth-order valence-electron chi connectivity index (χ4n) is 4.50. The van der Waals surface area contributed by atoms with Crippen LogP contribution in [0.15, 0.2) is 48.7 Å². The van der Waals surface area contributed by atoms with Gasteiger partial charge in [0.15, 0.2) is 5.82 Å². The molecule has 0 bridgehead atoms. The number of anilines is 5. The van der Waals surface area contributed by atoms with E-state index in [-0.39, 0.29) is 11.8 Å². The molecule has 0 atom stereocenters. The predicted octanol–water partition coefficient (Wildman–Crippen LogP) is 6.06. The number of ether oxygens (including phenoxy) is 1. The Labute approximate surface area is 223 Å². The van der Waals surface area contributed by atoms with Gasteiger partial charge in [-0.05, 0) is 56.4 Å². The van der Waals surface area contributed by atoms with E-state index in [1.807, 2.05) is 43.3 Å². The van der Waals surface area contributed by atoms with Crippen molar-refractivity contribution in [3.05, 3.63) is 59.2 Å². The Bertz CT molecular complexity index is 1210. The zero-order chi connectivity index (χ0) is 26.2. The molecule has 0 radical (unpaired) electrons. The number of primary amides is 1. The summed E-state index contributed by atoms with van der Waals surface area (Å²) in [5, 5.41) is 7.11. The topological polar surface area (TPSA) is 105 Å². The van der Waals surface area contributed by atoms with Gasteiger partial charge in [0.2, 0.25) is 11.9 Å². The third-order valence-electron chi connectivity index (χ3n) is 6.59. The van der Waals surface area contributed by atoms with Crippen molar-refractivity contribution >= 4 is 46.3 Å². The minimum atomic E-state index is -0.213. The molecule has 8 nitrogen and oxygen atoms in total. The van der Waals surface area contributed by atoms with Gasteiger partial charge in [0.1, 0.15) is 10.8 Å². The Kier molecular flexibility index (Phi) is 9.06. The first-order valence-electron chi connectivity index (χ1n) is 12.9. The number of unbranched alkanes of at least 4 members (excludes halogenated alkanes) is 1. The number of para-hydroxylation sites is 1. The van der Waals surface area contributed by atoms with Crippen molar-refractivity contribution < 1.29 is 9.53 Å². The summed E-state index contributed by atoms with van der Waals surface area (Å²) in [7, 11) is 0. The lowest BCUT2D eigenvalue weighted by atomic mass is 9.96. The average Bonchev–Trinajstić information content (AvgIpc) is 2.91. The molecule has 0 spiro atoms. The van der Waals surface area contributed by atoms with Gasteiger partial charge in [-0.25, -0.2) is 4.98 Å². The maximum Gasteiger partial charge on any atom is 0.229 e. The number of aryl methyl sites for hydroxylation is 1. The molecule has 1 aromatic heterocycles. The second-order valence-corrected chi connectivity index (χ2v) is 9.59. The van der Waals surface area contributed by atoms with Crippen LogP contribution in [-0.2, 0) is 11.2 Å². The quantitative estimate of drug-likeness (QED) is 0.281. The third kappa shape index (κ3) is 6.83. The normalized spacial score (nSPS) is 13.9. The van der Waals surface area contributed by atoms with E-state index >= 15 is 0 Å². The molecule has 0 saturated carbocycles. The molecule has 0 unspecified atom stereocenters. The summed E-state index contributed by atoms with van der Waals surface area (Å²) in [6.45, 7) is 6.21. The van der Waals surface area contributed by atoms with Crippen LogP contribution in [0.3, 0.4) is 0 Å². The fraction of sp³-hybridized carbons (Fsp3) is 0.393. The number of hydrogen-bond acceptors (Lipinski definition) is 7. The number of carbonyl (C=O) groups is 1. The summed E-state index contributed by atoms with van der Waals surface area (Å²) in [6, 6.07) is 14.2. The van der Waals surface area contributed by atoms with Gasteiger partial charge < -0.3 is 26.0 Å². The molecule has 1 fully saturated rings. The molecule has 1 aliphatic rings. The van der Waals surface area contributed by atoms with E-state index in [9.17, 15) is 4.79 Å². The van der Waals surface area contributed by atoms with Crippen molar-refractivity contribution in [3.8, 4) is 5.75 Å². The maximum atomic E-state index is 11.5. The molecule has 4 N–H and O–H groups in total. The highest BCUT2D eigenvalue weighted by Crippen LogP contribution is 2.34. The molecule has 2 heterocycles. The van der Waals surface area contributed by atoms with Crippen molar-refractivity contribution in [2.75, 3.05) is 35.2 Å². The van der Waals surface area contributed by atoms with Crippen LogP contribution in [-0.4, -0.2) is 35.6 Å². The van der Waals surface area contributed by atoms with Crippen molar-refractivity contribution in [1.29, 1.82) is 0 Å². The minimum absolute atomic E-state index is 0.0491. The van der Waals surface area contributed by atoms with E-state index < -0.39 is 0 Å². The number of nitrogens with one attached hydrogen (secondary N) is 2. The van der Waals surface area contributed by atoms with Gasteiger partial charge in [-0.2, -0.15) is 4.98 Å². The molecule has 1 amide bonds. The van der Waals surface area contributed by atoms with Crippen molar-refractivity contribution in [3.63, 3.8) is 0 Å². The number of halogens is 1.